The van der Waals surface area contributed by atoms with Crippen molar-refractivity contribution in [2.24, 2.45) is 11.7 Å². The number of pyridine rings is 1. The molecule has 2 heterocycles. The van der Waals surface area contributed by atoms with Crippen molar-refractivity contribution in [3.63, 3.8) is 0 Å². The Bertz CT molecular complexity index is 715. The van der Waals surface area contributed by atoms with E-state index in [9.17, 15) is 13.6 Å². The van der Waals surface area contributed by atoms with Gasteiger partial charge in [0.1, 0.15) is 17.5 Å². The lowest BCUT2D eigenvalue weighted by atomic mass is 9.98. The number of halogens is 2. The van der Waals surface area contributed by atoms with Gasteiger partial charge in [-0.15, -0.1) is 0 Å². The summed E-state index contributed by atoms with van der Waals surface area (Å²) in [5, 5.41) is 0. The van der Waals surface area contributed by atoms with E-state index in [4.69, 9.17) is 5.73 Å². The van der Waals surface area contributed by atoms with E-state index in [1.807, 2.05) is 0 Å². The molecule has 6 heteroatoms. The van der Waals surface area contributed by atoms with E-state index >= 15 is 0 Å². The summed E-state index contributed by atoms with van der Waals surface area (Å²) in [6.07, 6.45) is 3.08. The van der Waals surface area contributed by atoms with Crippen LogP contribution in [0.15, 0.2) is 36.5 Å². The third kappa shape index (κ3) is 3.64. The fourth-order valence-corrected chi connectivity index (χ4v) is 3.01. The molecule has 0 bridgehead atoms. The van der Waals surface area contributed by atoms with Crippen LogP contribution in [-0.4, -0.2) is 24.0 Å². The Labute approximate surface area is 132 Å². The first kappa shape index (κ1) is 15.4. The minimum Gasteiger partial charge on any atom is -0.366 e. The molecule has 1 aromatic heterocycles. The summed E-state index contributed by atoms with van der Waals surface area (Å²) in [5.74, 6) is -0.597. The highest BCUT2D eigenvalue weighted by molar-refractivity contribution is 5.93. The van der Waals surface area contributed by atoms with Crippen LogP contribution in [0.5, 0.6) is 0 Å². The largest absolute Gasteiger partial charge is 0.366 e. The van der Waals surface area contributed by atoms with Crippen molar-refractivity contribution in [1.82, 2.24) is 4.98 Å². The lowest BCUT2D eigenvalue weighted by Crippen LogP contribution is -2.22. The number of rotatable bonds is 4. The van der Waals surface area contributed by atoms with Gasteiger partial charge in [0, 0.05) is 30.9 Å². The lowest BCUT2D eigenvalue weighted by Gasteiger charge is -2.18. The van der Waals surface area contributed by atoms with Crippen molar-refractivity contribution in [3.05, 3.63) is 59.3 Å². The highest BCUT2D eigenvalue weighted by atomic mass is 19.1. The molecule has 1 amide bonds. The average molecular weight is 317 g/mol. The van der Waals surface area contributed by atoms with Crippen molar-refractivity contribution in [2.75, 3.05) is 18.0 Å². The first-order chi connectivity index (χ1) is 11.0. The van der Waals surface area contributed by atoms with Crippen LogP contribution in [0.2, 0.25) is 0 Å². The number of nitrogens with two attached hydrogens (primary N) is 1. The second-order valence-corrected chi connectivity index (χ2v) is 5.85. The Kier molecular flexibility index (Phi) is 4.23. The number of carbonyl (C=O) groups excluding carboxylic acids is 1. The summed E-state index contributed by atoms with van der Waals surface area (Å²) >= 11 is 0. The molecule has 0 aliphatic carbocycles. The Balaban J connectivity index is 1.68. The Morgan fingerprint density at radius 2 is 2.00 bits per heavy atom. The van der Waals surface area contributed by atoms with Gasteiger partial charge in [0.2, 0.25) is 5.91 Å². The molecule has 1 atom stereocenters. The smallest absolute Gasteiger partial charge is 0.248 e. The van der Waals surface area contributed by atoms with E-state index < -0.39 is 17.5 Å². The van der Waals surface area contributed by atoms with Gasteiger partial charge in [0.25, 0.3) is 0 Å². The predicted molar refractivity (Wildman–Crippen MR) is 83.1 cm³/mol. The van der Waals surface area contributed by atoms with Gasteiger partial charge in [-0.05, 0) is 48.6 Å². The van der Waals surface area contributed by atoms with Gasteiger partial charge < -0.3 is 10.6 Å². The summed E-state index contributed by atoms with van der Waals surface area (Å²) in [4.78, 5) is 17.6. The number of nitrogens with zero attached hydrogens (tertiary/aromatic N) is 2. The van der Waals surface area contributed by atoms with E-state index in [0.717, 1.165) is 25.6 Å². The van der Waals surface area contributed by atoms with Gasteiger partial charge in [0.05, 0.1) is 0 Å². The minimum absolute atomic E-state index is 0.287. The lowest BCUT2D eigenvalue weighted by molar-refractivity contribution is 0.1000. The zero-order valence-electron chi connectivity index (χ0n) is 12.5. The molecule has 1 fully saturated rings. The van der Waals surface area contributed by atoms with E-state index in [-0.39, 0.29) is 5.92 Å². The highest BCUT2D eigenvalue weighted by Crippen LogP contribution is 2.25. The van der Waals surface area contributed by atoms with Crippen molar-refractivity contribution >= 4 is 11.7 Å². The van der Waals surface area contributed by atoms with Crippen molar-refractivity contribution in [1.29, 1.82) is 0 Å². The molecule has 2 N–H and O–H groups in total. The second-order valence-electron chi connectivity index (χ2n) is 5.85. The van der Waals surface area contributed by atoms with Gasteiger partial charge in [-0.1, -0.05) is 0 Å². The van der Waals surface area contributed by atoms with Crippen LogP contribution in [0.4, 0.5) is 14.6 Å². The average Bonchev–Trinajstić information content (AvgIpc) is 2.95. The molecular weight excluding hydrogens is 300 g/mol. The third-order valence-electron chi connectivity index (χ3n) is 4.09. The SMILES string of the molecule is NC(=O)c1ccnc(N2CCC(Cc3cc(F)cc(F)c3)C2)c1. The molecule has 23 heavy (non-hydrogen) atoms. The number of amides is 1. The predicted octanol–water partition coefficient (Wildman–Crippen LogP) is 2.53. The van der Waals surface area contributed by atoms with Crippen LogP contribution >= 0.6 is 0 Å². The molecule has 0 radical (unpaired) electrons. The summed E-state index contributed by atoms with van der Waals surface area (Å²) in [6, 6.07) is 6.88. The number of carbonyl (C=O) groups is 1. The minimum atomic E-state index is -0.550. The number of anilines is 1. The van der Waals surface area contributed by atoms with E-state index in [0.29, 0.717) is 23.4 Å². The summed E-state index contributed by atoms with van der Waals surface area (Å²) in [6.45, 7) is 1.52. The molecule has 4 nitrogen and oxygen atoms in total. The van der Waals surface area contributed by atoms with Gasteiger partial charge in [-0.2, -0.15) is 0 Å². The van der Waals surface area contributed by atoms with Gasteiger partial charge in [0.15, 0.2) is 0 Å². The molecule has 1 aliphatic heterocycles. The number of primary amides is 1. The maximum Gasteiger partial charge on any atom is 0.248 e. The first-order valence-electron chi connectivity index (χ1n) is 7.47. The van der Waals surface area contributed by atoms with Crippen molar-refractivity contribution in [2.45, 2.75) is 12.8 Å². The Hall–Kier alpha value is -2.50. The normalized spacial score (nSPS) is 17.5. The van der Waals surface area contributed by atoms with E-state index in [1.165, 1.54) is 12.1 Å². The topological polar surface area (TPSA) is 59.2 Å². The Morgan fingerprint density at radius 3 is 2.70 bits per heavy atom. The van der Waals surface area contributed by atoms with Crippen LogP contribution in [-0.2, 0) is 6.42 Å². The van der Waals surface area contributed by atoms with Gasteiger partial charge in [-0.3, -0.25) is 4.79 Å². The van der Waals surface area contributed by atoms with Crippen LogP contribution in [0.3, 0.4) is 0 Å². The fourth-order valence-electron chi connectivity index (χ4n) is 3.01. The Morgan fingerprint density at radius 1 is 1.26 bits per heavy atom. The summed E-state index contributed by atoms with van der Waals surface area (Å²) in [5.41, 5.74) is 6.37. The van der Waals surface area contributed by atoms with Gasteiger partial charge in [-0.25, -0.2) is 13.8 Å². The standard InChI is InChI=1S/C17H17F2N3O/c18-14-6-12(7-15(19)9-14)5-11-2-4-22(10-11)16-8-13(17(20)23)1-3-21-16/h1,3,6-9,11H,2,4-5,10H2,(H2,20,23). The monoisotopic (exact) mass is 317 g/mol. The molecule has 2 aromatic rings. The third-order valence-corrected chi connectivity index (χ3v) is 4.09. The highest BCUT2D eigenvalue weighted by Gasteiger charge is 2.24. The van der Waals surface area contributed by atoms with Crippen LogP contribution in [0.25, 0.3) is 0 Å². The fraction of sp³-hybridized carbons (Fsp3) is 0.294. The molecule has 120 valence electrons. The molecule has 1 aliphatic rings. The molecule has 1 unspecified atom stereocenters. The molecule has 3 rings (SSSR count). The molecule has 1 aromatic carbocycles. The quantitative estimate of drug-likeness (QED) is 0.942. The van der Waals surface area contributed by atoms with Crippen LogP contribution < -0.4 is 10.6 Å². The zero-order valence-corrected chi connectivity index (χ0v) is 12.5. The molecule has 0 spiro atoms. The number of hydrogen-bond acceptors (Lipinski definition) is 3. The maximum absolute atomic E-state index is 13.3. The maximum atomic E-state index is 13.3. The summed E-state index contributed by atoms with van der Waals surface area (Å²) in [7, 11) is 0. The van der Waals surface area contributed by atoms with Crippen molar-refractivity contribution in [3.8, 4) is 0 Å². The first-order valence-corrected chi connectivity index (χ1v) is 7.47. The van der Waals surface area contributed by atoms with E-state index in [2.05, 4.69) is 9.88 Å². The van der Waals surface area contributed by atoms with E-state index in [1.54, 1.807) is 18.3 Å². The van der Waals surface area contributed by atoms with Crippen molar-refractivity contribution < 1.29 is 13.6 Å². The van der Waals surface area contributed by atoms with Crippen LogP contribution in [0, 0.1) is 17.6 Å². The molecule has 0 saturated carbocycles. The number of benzene rings is 1. The number of hydrogen-bond donors (Lipinski definition) is 1. The molecular formula is C17H17F2N3O. The van der Waals surface area contributed by atoms with Crippen LogP contribution in [0.1, 0.15) is 22.3 Å². The zero-order chi connectivity index (χ0) is 16.4. The summed E-state index contributed by atoms with van der Waals surface area (Å²) < 4.78 is 26.5. The van der Waals surface area contributed by atoms with Gasteiger partial charge >= 0.3 is 0 Å². The number of aromatic nitrogens is 1. The second kappa shape index (κ2) is 6.32. The molecule has 1 saturated heterocycles.